The summed E-state index contributed by atoms with van der Waals surface area (Å²) in [6, 6.07) is 8.11. The molecule has 0 aromatic heterocycles. The molecule has 0 N–H and O–H groups in total. The molecule has 2 aliphatic rings. The van der Waals surface area contributed by atoms with E-state index in [0.717, 1.165) is 44.0 Å². The van der Waals surface area contributed by atoms with Gasteiger partial charge in [0.15, 0.2) is 0 Å². The number of carbonyl (C=O) groups is 1. The van der Waals surface area contributed by atoms with Crippen LogP contribution in [0.4, 0.5) is 5.69 Å². The summed E-state index contributed by atoms with van der Waals surface area (Å²) in [5, 5.41) is 0. The van der Waals surface area contributed by atoms with Gasteiger partial charge >= 0.3 is 5.97 Å². The van der Waals surface area contributed by atoms with Crippen LogP contribution in [0.2, 0.25) is 0 Å². The second-order valence-electron chi connectivity index (χ2n) is 5.92. The van der Waals surface area contributed by atoms with Crippen LogP contribution in [0.25, 0.3) is 0 Å². The lowest BCUT2D eigenvalue weighted by Gasteiger charge is -2.38. The van der Waals surface area contributed by atoms with Crippen molar-refractivity contribution in [3.05, 3.63) is 24.3 Å². The molecule has 3 rings (SSSR count). The minimum Gasteiger partial charge on any atom is -0.492 e. The summed E-state index contributed by atoms with van der Waals surface area (Å²) in [6.07, 6.45) is 0.864. The summed E-state index contributed by atoms with van der Waals surface area (Å²) in [7, 11) is 0. The Morgan fingerprint density at radius 2 is 1.95 bits per heavy atom. The number of ether oxygens (including phenoxy) is 2. The minimum atomic E-state index is -0.0596. The molecule has 1 aromatic rings. The van der Waals surface area contributed by atoms with Crippen LogP contribution >= 0.6 is 0 Å². The average molecular weight is 304 g/mol. The van der Waals surface area contributed by atoms with Gasteiger partial charge in [0, 0.05) is 32.6 Å². The van der Waals surface area contributed by atoms with Crippen LogP contribution in [0.1, 0.15) is 20.3 Å². The van der Waals surface area contributed by atoms with E-state index in [4.69, 9.17) is 9.47 Å². The third-order valence-electron chi connectivity index (χ3n) is 4.41. The highest BCUT2D eigenvalue weighted by Crippen LogP contribution is 2.30. The first kappa shape index (κ1) is 15.2. The Kier molecular flexibility index (Phi) is 4.52. The van der Waals surface area contributed by atoms with Gasteiger partial charge in [-0.25, -0.2) is 0 Å². The quantitative estimate of drug-likeness (QED) is 0.795. The van der Waals surface area contributed by atoms with Crippen LogP contribution in [-0.2, 0) is 9.53 Å². The van der Waals surface area contributed by atoms with Gasteiger partial charge in [0.05, 0.1) is 12.3 Å². The van der Waals surface area contributed by atoms with Gasteiger partial charge in [-0.15, -0.1) is 0 Å². The first-order valence-electron chi connectivity index (χ1n) is 8.10. The molecule has 0 amide bonds. The van der Waals surface area contributed by atoms with E-state index in [9.17, 15) is 4.79 Å². The predicted molar refractivity (Wildman–Crippen MR) is 85.4 cm³/mol. The molecule has 22 heavy (non-hydrogen) atoms. The molecule has 5 nitrogen and oxygen atoms in total. The number of nitrogens with zero attached hydrogens (tertiary/aromatic N) is 2. The van der Waals surface area contributed by atoms with E-state index in [1.165, 1.54) is 0 Å². The zero-order valence-electron chi connectivity index (χ0n) is 13.3. The molecule has 0 radical (unpaired) electrons. The van der Waals surface area contributed by atoms with Crippen molar-refractivity contribution in [3.63, 3.8) is 0 Å². The Morgan fingerprint density at radius 1 is 1.23 bits per heavy atom. The lowest BCUT2D eigenvalue weighted by Crippen LogP contribution is -2.51. The number of anilines is 1. The molecule has 5 heteroatoms. The van der Waals surface area contributed by atoms with Gasteiger partial charge in [-0.1, -0.05) is 12.1 Å². The second kappa shape index (κ2) is 6.57. The summed E-state index contributed by atoms with van der Waals surface area (Å²) >= 11 is 0. The number of hydrogen-bond acceptors (Lipinski definition) is 5. The fraction of sp³-hybridized carbons (Fsp3) is 0.588. The standard InChI is InChI=1S/C17H24N2O3/c1-3-21-16-7-5-4-6-14(16)18-8-10-19(11-9-18)15-12-13(2)22-17(15)20/h4-7,13,15H,3,8-12H2,1-2H3. The van der Waals surface area contributed by atoms with E-state index >= 15 is 0 Å². The van der Waals surface area contributed by atoms with E-state index in [2.05, 4.69) is 15.9 Å². The van der Waals surface area contributed by atoms with Gasteiger partial charge in [0.25, 0.3) is 0 Å². The van der Waals surface area contributed by atoms with Crippen molar-refractivity contribution < 1.29 is 14.3 Å². The molecular formula is C17H24N2O3. The van der Waals surface area contributed by atoms with E-state index in [-0.39, 0.29) is 18.1 Å². The zero-order valence-corrected chi connectivity index (χ0v) is 13.3. The van der Waals surface area contributed by atoms with Gasteiger partial charge in [0.1, 0.15) is 17.9 Å². The molecule has 0 aliphatic carbocycles. The number of hydrogen-bond donors (Lipinski definition) is 0. The van der Waals surface area contributed by atoms with Crippen LogP contribution in [0.15, 0.2) is 24.3 Å². The molecule has 0 bridgehead atoms. The molecule has 2 aliphatic heterocycles. The largest absolute Gasteiger partial charge is 0.492 e. The topological polar surface area (TPSA) is 42.0 Å². The van der Waals surface area contributed by atoms with E-state index in [0.29, 0.717) is 6.61 Å². The second-order valence-corrected chi connectivity index (χ2v) is 5.92. The Hall–Kier alpha value is -1.75. The molecule has 0 spiro atoms. The van der Waals surface area contributed by atoms with Crippen molar-refractivity contribution in [1.29, 1.82) is 0 Å². The maximum atomic E-state index is 11.9. The lowest BCUT2D eigenvalue weighted by molar-refractivity contribution is -0.144. The highest BCUT2D eigenvalue weighted by atomic mass is 16.6. The van der Waals surface area contributed by atoms with Gasteiger partial charge in [0.2, 0.25) is 0 Å². The first-order chi connectivity index (χ1) is 10.7. The fourth-order valence-corrected chi connectivity index (χ4v) is 3.30. The Labute approximate surface area is 131 Å². The van der Waals surface area contributed by atoms with Crippen LogP contribution in [-0.4, -0.2) is 55.8 Å². The smallest absolute Gasteiger partial charge is 0.323 e. The molecular weight excluding hydrogens is 280 g/mol. The number of cyclic esters (lactones) is 1. The first-order valence-corrected chi connectivity index (χ1v) is 8.10. The zero-order chi connectivity index (χ0) is 15.5. The average Bonchev–Trinajstić information content (AvgIpc) is 2.87. The molecule has 2 unspecified atom stereocenters. The number of piperazine rings is 1. The van der Waals surface area contributed by atoms with Crippen molar-refractivity contribution in [2.75, 3.05) is 37.7 Å². The third-order valence-corrected chi connectivity index (χ3v) is 4.41. The number of esters is 1. The Bertz CT molecular complexity index is 526. The van der Waals surface area contributed by atoms with Gasteiger partial charge < -0.3 is 14.4 Å². The SMILES string of the molecule is CCOc1ccccc1N1CCN(C2CC(C)OC2=O)CC1. The number of rotatable bonds is 4. The Morgan fingerprint density at radius 3 is 2.59 bits per heavy atom. The van der Waals surface area contributed by atoms with Crippen molar-refractivity contribution >= 4 is 11.7 Å². The monoisotopic (exact) mass is 304 g/mol. The summed E-state index contributed by atoms with van der Waals surface area (Å²) < 4.78 is 11.0. The maximum Gasteiger partial charge on any atom is 0.323 e. The summed E-state index contributed by atoms with van der Waals surface area (Å²) in [6.45, 7) is 8.21. The molecule has 2 saturated heterocycles. The highest BCUT2D eigenvalue weighted by molar-refractivity contribution is 5.78. The lowest BCUT2D eigenvalue weighted by atomic mass is 10.1. The number of carbonyl (C=O) groups excluding carboxylic acids is 1. The van der Waals surface area contributed by atoms with Crippen molar-refractivity contribution in [3.8, 4) is 5.75 Å². The predicted octanol–water partition coefficient (Wildman–Crippen LogP) is 1.91. The van der Waals surface area contributed by atoms with E-state index in [1.54, 1.807) is 0 Å². The van der Waals surface area contributed by atoms with Crippen molar-refractivity contribution in [1.82, 2.24) is 4.90 Å². The minimum absolute atomic E-state index is 0.0502. The van der Waals surface area contributed by atoms with Gasteiger partial charge in [-0.05, 0) is 26.0 Å². The molecule has 0 saturated carbocycles. The van der Waals surface area contributed by atoms with Gasteiger partial charge in [-0.3, -0.25) is 9.69 Å². The van der Waals surface area contributed by atoms with Crippen LogP contribution in [0.3, 0.4) is 0 Å². The molecule has 1 aromatic carbocycles. The van der Waals surface area contributed by atoms with Crippen LogP contribution in [0.5, 0.6) is 5.75 Å². The number of para-hydroxylation sites is 2. The van der Waals surface area contributed by atoms with Crippen LogP contribution < -0.4 is 9.64 Å². The normalized spacial score (nSPS) is 26.1. The third kappa shape index (κ3) is 3.04. The molecule has 2 fully saturated rings. The van der Waals surface area contributed by atoms with E-state index < -0.39 is 0 Å². The molecule has 2 heterocycles. The molecule has 120 valence electrons. The van der Waals surface area contributed by atoms with Crippen LogP contribution in [0, 0.1) is 0 Å². The fourth-order valence-electron chi connectivity index (χ4n) is 3.30. The van der Waals surface area contributed by atoms with Gasteiger partial charge in [-0.2, -0.15) is 0 Å². The van der Waals surface area contributed by atoms with Crippen molar-refractivity contribution in [2.24, 2.45) is 0 Å². The summed E-state index contributed by atoms with van der Waals surface area (Å²) in [5.41, 5.74) is 1.14. The van der Waals surface area contributed by atoms with E-state index in [1.807, 2.05) is 32.0 Å². The number of benzene rings is 1. The maximum absolute atomic E-state index is 11.9. The molecule has 2 atom stereocenters. The summed E-state index contributed by atoms with van der Waals surface area (Å²) in [5.74, 6) is 0.878. The summed E-state index contributed by atoms with van der Waals surface area (Å²) in [4.78, 5) is 16.5. The van der Waals surface area contributed by atoms with Crippen molar-refractivity contribution in [2.45, 2.75) is 32.4 Å². The Balaban J connectivity index is 1.63. The highest BCUT2D eigenvalue weighted by Gasteiger charge is 2.37.